The molecule has 0 aliphatic carbocycles. The van der Waals surface area contributed by atoms with E-state index >= 15 is 0 Å². The zero-order valence-corrected chi connectivity index (χ0v) is 9.59. The van der Waals surface area contributed by atoms with Crippen LogP contribution in [0.1, 0.15) is 34.1 Å². The summed E-state index contributed by atoms with van der Waals surface area (Å²) in [6, 6.07) is 0. The van der Waals surface area contributed by atoms with Crippen LogP contribution in [0.3, 0.4) is 0 Å². The molecule has 1 amide bonds. The summed E-state index contributed by atoms with van der Waals surface area (Å²) in [7, 11) is 0. The Labute approximate surface area is 86.2 Å². The van der Waals surface area contributed by atoms with Crippen LogP contribution in [0.15, 0.2) is 0 Å². The smallest absolute Gasteiger partial charge is 0.407 e. The standard InChI is InChI=1S/C10H22N2O2/c1-5-10(4,7-11)12-9(13)14-6-8(2)3/h8H,5-7,11H2,1-4H3,(H,12,13). The zero-order chi connectivity index (χ0) is 11.2. The van der Waals surface area contributed by atoms with Crippen molar-refractivity contribution in [1.82, 2.24) is 5.32 Å². The van der Waals surface area contributed by atoms with Crippen LogP contribution in [0.25, 0.3) is 0 Å². The van der Waals surface area contributed by atoms with Crippen LogP contribution in [-0.2, 0) is 4.74 Å². The number of rotatable bonds is 5. The predicted molar refractivity (Wildman–Crippen MR) is 57.1 cm³/mol. The van der Waals surface area contributed by atoms with E-state index in [9.17, 15) is 4.79 Å². The van der Waals surface area contributed by atoms with Crippen LogP contribution < -0.4 is 11.1 Å². The van der Waals surface area contributed by atoms with Gasteiger partial charge < -0.3 is 15.8 Å². The van der Waals surface area contributed by atoms with E-state index in [4.69, 9.17) is 10.5 Å². The van der Waals surface area contributed by atoms with Crippen molar-refractivity contribution in [3.63, 3.8) is 0 Å². The fourth-order valence-corrected chi connectivity index (χ4v) is 0.809. The van der Waals surface area contributed by atoms with Crippen molar-refractivity contribution in [2.24, 2.45) is 11.7 Å². The van der Waals surface area contributed by atoms with Gasteiger partial charge in [-0.15, -0.1) is 0 Å². The minimum atomic E-state index is -0.381. The number of ether oxygens (including phenoxy) is 1. The summed E-state index contributed by atoms with van der Waals surface area (Å²) >= 11 is 0. The van der Waals surface area contributed by atoms with E-state index in [0.717, 1.165) is 6.42 Å². The third-order valence-electron chi connectivity index (χ3n) is 2.18. The lowest BCUT2D eigenvalue weighted by atomic mass is 10.00. The van der Waals surface area contributed by atoms with Gasteiger partial charge >= 0.3 is 6.09 Å². The molecule has 0 aliphatic heterocycles. The molecule has 0 saturated carbocycles. The van der Waals surface area contributed by atoms with E-state index in [-0.39, 0.29) is 11.6 Å². The Morgan fingerprint density at radius 2 is 2.14 bits per heavy atom. The molecule has 0 rings (SSSR count). The van der Waals surface area contributed by atoms with E-state index in [1.54, 1.807) is 0 Å². The molecule has 0 spiro atoms. The molecule has 0 aromatic heterocycles. The molecule has 0 aromatic carbocycles. The highest BCUT2D eigenvalue weighted by molar-refractivity contribution is 5.68. The molecular formula is C10H22N2O2. The summed E-state index contributed by atoms with van der Waals surface area (Å²) in [5.74, 6) is 0.353. The molecule has 84 valence electrons. The van der Waals surface area contributed by atoms with E-state index in [0.29, 0.717) is 19.1 Å². The Hall–Kier alpha value is -0.770. The quantitative estimate of drug-likeness (QED) is 0.710. The number of carbonyl (C=O) groups excluding carboxylic acids is 1. The van der Waals surface area contributed by atoms with Crippen LogP contribution in [0.4, 0.5) is 4.79 Å². The lowest BCUT2D eigenvalue weighted by Crippen LogP contribution is -2.51. The Morgan fingerprint density at radius 3 is 2.50 bits per heavy atom. The van der Waals surface area contributed by atoms with Gasteiger partial charge in [-0.2, -0.15) is 0 Å². The van der Waals surface area contributed by atoms with Crippen molar-refractivity contribution in [2.75, 3.05) is 13.2 Å². The van der Waals surface area contributed by atoms with Gasteiger partial charge in [-0.3, -0.25) is 0 Å². The normalized spacial score (nSPS) is 15.0. The highest BCUT2D eigenvalue weighted by atomic mass is 16.5. The maximum absolute atomic E-state index is 11.3. The van der Waals surface area contributed by atoms with Crippen molar-refractivity contribution in [1.29, 1.82) is 0 Å². The minimum Gasteiger partial charge on any atom is -0.449 e. The number of hydrogen-bond acceptors (Lipinski definition) is 3. The maximum atomic E-state index is 11.3. The zero-order valence-electron chi connectivity index (χ0n) is 9.59. The first-order valence-electron chi connectivity index (χ1n) is 5.08. The molecule has 0 heterocycles. The largest absolute Gasteiger partial charge is 0.449 e. The van der Waals surface area contributed by atoms with Gasteiger partial charge in [0.25, 0.3) is 0 Å². The molecule has 0 aliphatic rings. The molecule has 1 unspecified atom stereocenters. The maximum Gasteiger partial charge on any atom is 0.407 e. The molecule has 4 nitrogen and oxygen atoms in total. The molecule has 4 heteroatoms. The molecule has 14 heavy (non-hydrogen) atoms. The number of hydrogen-bond donors (Lipinski definition) is 2. The number of nitrogens with two attached hydrogens (primary N) is 1. The molecule has 0 aromatic rings. The van der Waals surface area contributed by atoms with Crippen molar-refractivity contribution >= 4 is 6.09 Å². The third-order valence-corrected chi connectivity index (χ3v) is 2.18. The molecular weight excluding hydrogens is 180 g/mol. The van der Waals surface area contributed by atoms with Crippen molar-refractivity contribution in [3.05, 3.63) is 0 Å². The Bertz CT molecular complexity index is 177. The second-order valence-corrected chi connectivity index (χ2v) is 4.24. The van der Waals surface area contributed by atoms with Crippen LogP contribution in [0.5, 0.6) is 0 Å². The number of amides is 1. The summed E-state index contributed by atoms with van der Waals surface area (Å²) in [4.78, 5) is 11.3. The third kappa shape index (κ3) is 5.07. The first-order chi connectivity index (χ1) is 6.43. The lowest BCUT2D eigenvalue weighted by Gasteiger charge is -2.27. The number of alkyl carbamates (subject to hydrolysis) is 1. The molecule has 1 atom stereocenters. The fraction of sp³-hybridized carbons (Fsp3) is 0.900. The number of nitrogens with one attached hydrogen (secondary N) is 1. The summed E-state index contributed by atoms with van der Waals surface area (Å²) in [5.41, 5.74) is 5.20. The summed E-state index contributed by atoms with van der Waals surface area (Å²) in [6.45, 7) is 8.74. The summed E-state index contributed by atoms with van der Waals surface area (Å²) in [5, 5.41) is 2.76. The molecule has 0 saturated heterocycles. The topological polar surface area (TPSA) is 64.3 Å². The average Bonchev–Trinajstić information content (AvgIpc) is 2.14. The van der Waals surface area contributed by atoms with Gasteiger partial charge in [-0.1, -0.05) is 20.8 Å². The molecule has 0 bridgehead atoms. The highest BCUT2D eigenvalue weighted by Gasteiger charge is 2.22. The minimum absolute atomic E-state index is 0.353. The van der Waals surface area contributed by atoms with Gasteiger partial charge in [0.15, 0.2) is 0 Å². The van der Waals surface area contributed by atoms with Gasteiger partial charge in [-0.25, -0.2) is 4.79 Å². The molecule has 0 radical (unpaired) electrons. The van der Waals surface area contributed by atoms with Gasteiger partial charge in [0, 0.05) is 6.54 Å². The Morgan fingerprint density at radius 1 is 1.57 bits per heavy atom. The van der Waals surface area contributed by atoms with Crippen molar-refractivity contribution < 1.29 is 9.53 Å². The van der Waals surface area contributed by atoms with E-state index < -0.39 is 0 Å². The Kier molecular flexibility index (Phi) is 5.53. The summed E-state index contributed by atoms with van der Waals surface area (Å²) in [6.07, 6.45) is 0.411. The van der Waals surface area contributed by atoms with Gasteiger partial charge in [-0.05, 0) is 19.3 Å². The Balaban J connectivity index is 3.92. The van der Waals surface area contributed by atoms with Crippen molar-refractivity contribution in [3.8, 4) is 0 Å². The SMILES string of the molecule is CCC(C)(CN)NC(=O)OCC(C)C. The van der Waals surface area contributed by atoms with Crippen LogP contribution in [-0.4, -0.2) is 24.8 Å². The fourth-order valence-electron chi connectivity index (χ4n) is 0.809. The first kappa shape index (κ1) is 13.2. The van der Waals surface area contributed by atoms with E-state index in [1.807, 2.05) is 27.7 Å². The second kappa shape index (κ2) is 5.86. The van der Waals surface area contributed by atoms with Crippen LogP contribution in [0, 0.1) is 5.92 Å². The second-order valence-electron chi connectivity index (χ2n) is 4.24. The monoisotopic (exact) mass is 202 g/mol. The van der Waals surface area contributed by atoms with E-state index in [1.165, 1.54) is 0 Å². The van der Waals surface area contributed by atoms with Gasteiger partial charge in [0.05, 0.1) is 12.1 Å². The number of carbonyl (C=O) groups is 1. The van der Waals surface area contributed by atoms with Crippen molar-refractivity contribution in [2.45, 2.75) is 39.7 Å². The summed E-state index contributed by atoms with van der Waals surface area (Å²) < 4.78 is 5.00. The van der Waals surface area contributed by atoms with E-state index in [2.05, 4.69) is 5.32 Å². The molecule has 0 fully saturated rings. The van der Waals surface area contributed by atoms with Gasteiger partial charge in [0.2, 0.25) is 0 Å². The predicted octanol–water partition coefficient (Wildman–Crippen LogP) is 1.50. The van der Waals surface area contributed by atoms with Gasteiger partial charge in [0.1, 0.15) is 0 Å². The first-order valence-corrected chi connectivity index (χ1v) is 5.08. The average molecular weight is 202 g/mol. The molecule has 3 N–H and O–H groups in total. The van der Waals surface area contributed by atoms with Crippen LogP contribution >= 0.6 is 0 Å². The lowest BCUT2D eigenvalue weighted by molar-refractivity contribution is 0.122. The highest BCUT2D eigenvalue weighted by Crippen LogP contribution is 2.06. The van der Waals surface area contributed by atoms with Crippen LogP contribution in [0.2, 0.25) is 0 Å².